The van der Waals surface area contributed by atoms with Crippen molar-refractivity contribution in [1.82, 2.24) is 24.5 Å². The Morgan fingerprint density at radius 3 is 2.60 bits per heavy atom. The van der Waals surface area contributed by atoms with Crippen LogP contribution in [0, 0.1) is 6.92 Å². The number of halogens is 3. The van der Waals surface area contributed by atoms with Crippen molar-refractivity contribution >= 4 is 17.5 Å². The van der Waals surface area contributed by atoms with Crippen LogP contribution in [-0.4, -0.2) is 50.9 Å². The van der Waals surface area contributed by atoms with Gasteiger partial charge in [0.1, 0.15) is 5.03 Å². The van der Waals surface area contributed by atoms with Gasteiger partial charge in [-0.15, -0.1) is 16.9 Å². The van der Waals surface area contributed by atoms with E-state index >= 15 is 0 Å². The molecule has 0 aromatic carbocycles. The molecule has 20 heavy (non-hydrogen) atoms. The Morgan fingerprint density at radius 1 is 1.30 bits per heavy atom. The minimum absolute atomic E-state index is 0.0234. The van der Waals surface area contributed by atoms with E-state index in [2.05, 4.69) is 15.1 Å². The van der Waals surface area contributed by atoms with Gasteiger partial charge in [-0.05, 0) is 27.1 Å². The highest BCUT2D eigenvalue weighted by molar-refractivity contribution is 7.99. The number of thioether (sulfide) groups is 1. The van der Waals surface area contributed by atoms with E-state index in [4.69, 9.17) is 0 Å². The van der Waals surface area contributed by atoms with Crippen LogP contribution in [0.5, 0.6) is 0 Å². The lowest BCUT2D eigenvalue weighted by Gasteiger charge is -2.09. The number of nitrogens with zero attached hydrogens (tertiary/aromatic N) is 5. The van der Waals surface area contributed by atoms with Crippen molar-refractivity contribution in [1.29, 1.82) is 0 Å². The van der Waals surface area contributed by atoms with Crippen molar-refractivity contribution < 1.29 is 13.2 Å². The van der Waals surface area contributed by atoms with Crippen molar-refractivity contribution in [2.75, 3.05) is 26.4 Å². The summed E-state index contributed by atoms with van der Waals surface area (Å²) < 4.78 is 39.1. The third kappa shape index (κ3) is 3.40. The van der Waals surface area contributed by atoms with Gasteiger partial charge in [0.15, 0.2) is 0 Å². The largest absolute Gasteiger partial charge is 0.453 e. The summed E-state index contributed by atoms with van der Waals surface area (Å²) in [4.78, 5) is 9.42. The Bertz CT molecular complexity index is 608. The van der Waals surface area contributed by atoms with Crippen LogP contribution < -0.4 is 0 Å². The molecular weight excluding hydrogens is 291 g/mol. The van der Waals surface area contributed by atoms with Gasteiger partial charge in [0.05, 0.1) is 0 Å². The highest BCUT2D eigenvalue weighted by Gasteiger charge is 2.36. The van der Waals surface area contributed by atoms with Crippen LogP contribution in [0.15, 0.2) is 11.1 Å². The molecule has 0 spiro atoms. The van der Waals surface area contributed by atoms with Crippen LogP contribution in [0.2, 0.25) is 0 Å². The average Bonchev–Trinajstić information content (AvgIpc) is 2.71. The predicted octanol–water partition coefficient (Wildman–Crippen LogP) is 2.11. The third-order valence-electron chi connectivity index (χ3n) is 2.45. The van der Waals surface area contributed by atoms with Gasteiger partial charge in [0.2, 0.25) is 0 Å². The SMILES string of the molecule is Cc1cc(SCCN(C)C)n2nc(C(F)(F)F)nc2n1. The van der Waals surface area contributed by atoms with Crippen LogP contribution in [0.25, 0.3) is 5.78 Å². The molecule has 0 saturated heterocycles. The van der Waals surface area contributed by atoms with Crippen molar-refractivity contribution in [3.8, 4) is 0 Å². The van der Waals surface area contributed by atoms with E-state index in [0.29, 0.717) is 10.7 Å². The van der Waals surface area contributed by atoms with Gasteiger partial charge in [-0.2, -0.15) is 22.7 Å². The minimum atomic E-state index is -4.56. The highest BCUT2D eigenvalue weighted by Crippen LogP contribution is 2.27. The maximum atomic E-state index is 12.6. The number of hydrogen-bond donors (Lipinski definition) is 0. The summed E-state index contributed by atoms with van der Waals surface area (Å²) in [6.07, 6.45) is -4.56. The summed E-state index contributed by atoms with van der Waals surface area (Å²) in [5.41, 5.74) is 0.617. The molecule has 0 atom stereocenters. The smallest absolute Gasteiger partial charge is 0.309 e. The topological polar surface area (TPSA) is 46.3 Å². The van der Waals surface area contributed by atoms with E-state index in [9.17, 15) is 13.2 Å². The Labute approximate surface area is 118 Å². The molecule has 2 rings (SSSR count). The molecule has 0 aliphatic carbocycles. The Hall–Kier alpha value is -1.35. The lowest BCUT2D eigenvalue weighted by atomic mass is 10.5. The number of aryl methyl sites for hydroxylation is 1. The van der Waals surface area contributed by atoms with Gasteiger partial charge in [-0.25, -0.2) is 4.98 Å². The predicted molar refractivity (Wildman–Crippen MR) is 69.8 cm³/mol. The van der Waals surface area contributed by atoms with E-state index in [-0.39, 0.29) is 5.78 Å². The Morgan fingerprint density at radius 2 is 2.00 bits per heavy atom. The van der Waals surface area contributed by atoms with E-state index in [1.807, 2.05) is 19.0 Å². The summed E-state index contributed by atoms with van der Waals surface area (Å²) in [5, 5.41) is 4.12. The van der Waals surface area contributed by atoms with E-state index in [0.717, 1.165) is 16.8 Å². The quantitative estimate of drug-likeness (QED) is 0.639. The molecule has 0 radical (unpaired) electrons. The first-order chi connectivity index (χ1) is 9.27. The molecule has 0 saturated carbocycles. The minimum Gasteiger partial charge on any atom is -0.309 e. The molecule has 0 amide bonds. The van der Waals surface area contributed by atoms with E-state index in [1.165, 1.54) is 11.8 Å². The third-order valence-corrected chi connectivity index (χ3v) is 3.42. The van der Waals surface area contributed by atoms with Crippen molar-refractivity contribution in [2.45, 2.75) is 18.1 Å². The first kappa shape index (κ1) is 15.0. The van der Waals surface area contributed by atoms with Gasteiger partial charge in [0.25, 0.3) is 11.6 Å². The lowest BCUT2D eigenvalue weighted by molar-refractivity contribution is -0.144. The van der Waals surface area contributed by atoms with Gasteiger partial charge < -0.3 is 4.90 Å². The van der Waals surface area contributed by atoms with Gasteiger partial charge in [-0.3, -0.25) is 0 Å². The van der Waals surface area contributed by atoms with Gasteiger partial charge in [-0.1, -0.05) is 0 Å². The Balaban J connectivity index is 2.35. The maximum absolute atomic E-state index is 12.6. The fourth-order valence-electron chi connectivity index (χ4n) is 1.51. The molecule has 0 aliphatic heterocycles. The van der Waals surface area contributed by atoms with E-state index in [1.54, 1.807) is 13.0 Å². The molecule has 110 valence electrons. The maximum Gasteiger partial charge on any atom is 0.453 e. The zero-order valence-electron chi connectivity index (χ0n) is 11.3. The highest BCUT2D eigenvalue weighted by atomic mass is 32.2. The molecule has 0 N–H and O–H groups in total. The number of aromatic nitrogens is 4. The fraction of sp³-hybridized carbons (Fsp3) is 0.545. The first-order valence-corrected chi connectivity index (χ1v) is 6.85. The summed E-state index contributed by atoms with van der Waals surface area (Å²) in [6, 6.07) is 1.71. The molecule has 0 aliphatic rings. The van der Waals surface area contributed by atoms with Crippen LogP contribution in [-0.2, 0) is 6.18 Å². The summed E-state index contributed by atoms with van der Waals surface area (Å²) in [5.74, 6) is -0.443. The molecule has 0 fully saturated rings. The van der Waals surface area contributed by atoms with Crippen molar-refractivity contribution in [2.24, 2.45) is 0 Å². The molecule has 0 unspecified atom stereocenters. The normalized spacial score (nSPS) is 12.6. The fourth-order valence-corrected chi connectivity index (χ4v) is 2.67. The second-order valence-electron chi connectivity index (χ2n) is 4.53. The second-order valence-corrected chi connectivity index (χ2v) is 5.65. The Kier molecular flexibility index (Phi) is 4.19. The number of alkyl halides is 3. The van der Waals surface area contributed by atoms with Crippen LogP contribution in [0.4, 0.5) is 13.2 Å². The molecule has 0 bridgehead atoms. The molecule has 2 aromatic heterocycles. The molecule has 2 aromatic rings. The number of rotatable bonds is 4. The van der Waals surface area contributed by atoms with Crippen LogP contribution in [0.1, 0.15) is 11.5 Å². The summed E-state index contributed by atoms with van der Waals surface area (Å²) >= 11 is 1.43. The van der Waals surface area contributed by atoms with E-state index < -0.39 is 12.0 Å². The van der Waals surface area contributed by atoms with Crippen molar-refractivity contribution in [3.05, 3.63) is 17.6 Å². The first-order valence-electron chi connectivity index (χ1n) is 5.86. The van der Waals surface area contributed by atoms with Crippen LogP contribution in [0.3, 0.4) is 0 Å². The van der Waals surface area contributed by atoms with Gasteiger partial charge >= 0.3 is 6.18 Å². The number of fused-ring (bicyclic) bond motifs is 1. The molecular formula is C11H14F3N5S. The zero-order chi connectivity index (χ0) is 14.9. The van der Waals surface area contributed by atoms with Crippen LogP contribution >= 0.6 is 11.8 Å². The van der Waals surface area contributed by atoms with Crippen molar-refractivity contribution in [3.63, 3.8) is 0 Å². The number of hydrogen-bond acceptors (Lipinski definition) is 5. The zero-order valence-corrected chi connectivity index (χ0v) is 12.1. The van der Waals surface area contributed by atoms with Gasteiger partial charge in [0, 0.05) is 18.0 Å². The second kappa shape index (κ2) is 5.57. The average molecular weight is 305 g/mol. The molecule has 5 nitrogen and oxygen atoms in total. The standard InChI is InChI=1S/C11H14F3N5S/c1-7-6-8(20-5-4-18(2)3)19-10(15-7)16-9(17-19)11(12,13)14/h6H,4-5H2,1-3H3. The lowest BCUT2D eigenvalue weighted by Crippen LogP contribution is -2.15. The summed E-state index contributed by atoms with van der Waals surface area (Å²) in [6.45, 7) is 2.53. The summed E-state index contributed by atoms with van der Waals surface area (Å²) in [7, 11) is 3.87. The monoisotopic (exact) mass is 305 g/mol. The molecule has 9 heteroatoms. The molecule has 2 heterocycles.